The Morgan fingerprint density at radius 2 is 2.09 bits per heavy atom. The molecule has 0 radical (unpaired) electrons. The lowest BCUT2D eigenvalue weighted by molar-refractivity contribution is -0.131. The fourth-order valence-corrected chi connectivity index (χ4v) is 3.89. The Morgan fingerprint density at radius 3 is 2.72 bits per heavy atom. The highest BCUT2D eigenvalue weighted by Gasteiger charge is 2.25. The zero-order valence-corrected chi connectivity index (χ0v) is 17.6. The van der Waals surface area contributed by atoms with Crippen LogP contribution < -0.4 is 21.3 Å². The van der Waals surface area contributed by atoms with Crippen molar-refractivity contribution in [1.29, 1.82) is 5.26 Å². The van der Waals surface area contributed by atoms with E-state index in [2.05, 4.69) is 20.0 Å². The lowest BCUT2D eigenvalue weighted by Crippen LogP contribution is -2.45. The highest BCUT2D eigenvalue weighted by Crippen LogP contribution is 2.19. The smallest absolute Gasteiger partial charge is 0.261 e. The van der Waals surface area contributed by atoms with Crippen molar-refractivity contribution in [3.63, 3.8) is 0 Å². The van der Waals surface area contributed by atoms with Gasteiger partial charge in [0.1, 0.15) is 16.8 Å². The number of halogens is 1. The molecule has 1 atom stereocenters. The molecule has 0 bridgehead atoms. The van der Waals surface area contributed by atoms with Gasteiger partial charge in [-0.15, -0.1) is 4.99 Å². The molecule has 11 nitrogen and oxygen atoms in total. The number of hydroxylamine groups is 1. The molecule has 0 aliphatic rings. The molecule has 32 heavy (non-hydrogen) atoms. The molecule has 0 spiro atoms. The van der Waals surface area contributed by atoms with Crippen LogP contribution in [-0.4, -0.2) is 43.1 Å². The van der Waals surface area contributed by atoms with Gasteiger partial charge >= 0.3 is 0 Å². The van der Waals surface area contributed by atoms with E-state index >= 15 is 0 Å². The number of nitrogens with zero attached hydrogens (tertiary/aromatic N) is 3. The largest absolute Gasteiger partial charge is 0.369 e. The standard InChI is InChI=1S/C19H22FN7O4S/c20-14-5-3-4-13(10-14)16-8-7-15(11-24-16)32(30,31)27-17(18(28)26-29)6-1-2-9-23-19(22)25-12-21/h3-5,7-8,10-11,17,27,29H,1-2,6,9H2,(H,26,28)(H3,22,23,25)/t17-/m1/s1. The number of aliphatic imine (C=N–C) groups is 1. The number of pyridine rings is 1. The number of amides is 1. The van der Waals surface area contributed by atoms with Gasteiger partial charge in [0.15, 0.2) is 0 Å². The summed E-state index contributed by atoms with van der Waals surface area (Å²) in [6.07, 6.45) is 3.58. The van der Waals surface area contributed by atoms with Crippen molar-refractivity contribution >= 4 is 21.9 Å². The highest BCUT2D eigenvalue weighted by atomic mass is 32.2. The number of aromatic nitrogens is 1. The third-order valence-corrected chi connectivity index (χ3v) is 5.74. The van der Waals surface area contributed by atoms with Crippen molar-refractivity contribution < 1.29 is 22.8 Å². The molecule has 13 heteroatoms. The van der Waals surface area contributed by atoms with Crippen molar-refractivity contribution in [3.8, 4) is 17.5 Å². The minimum Gasteiger partial charge on any atom is -0.369 e. The van der Waals surface area contributed by atoms with E-state index in [4.69, 9.17) is 16.2 Å². The van der Waals surface area contributed by atoms with Gasteiger partial charge in [-0.05, 0) is 43.5 Å². The summed E-state index contributed by atoms with van der Waals surface area (Å²) in [6.45, 7) is 0.350. The zero-order chi connectivity index (χ0) is 23.6. The van der Waals surface area contributed by atoms with Crippen LogP contribution >= 0.6 is 0 Å². The SMILES string of the molecule is N#C/N=C(\N)NCCCC[C@@H](NS(=O)(=O)c1ccc(-c2cccc(F)c2)nc1)C(=O)NO. The summed E-state index contributed by atoms with van der Waals surface area (Å²) in [5.74, 6) is -1.42. The number of carbonyl (C=O) groups excluding carboxylic acids is 1. The van der Waals surface area contributed by atoms with Crippen molar-refractivity contribution in [3.05, 3.63) is 48.4 Å². The summed E-state index contributed by atoms with van der Waals surface area (Å²) in [4.78, 5) is 19.1. The molecule has 170 valence electrons. The zero-order valence-electron chi connectivity index (χ0n) is 16.8. The fraction of sp³-hybridized carbons (Fsp3) is 0.263. The molecular formula is C19H22FN7O4S. The normalized spacial score (nSPS) is 12.6. The molecule has 0 unspecified atom stereocenters. The van der Waals surface area contributed by atoms with E-state index in [0.29, 0.717) is 30.6 Å². The number of nitriles is 1. The van der Waals surface area contributed by atoms with Crippen LogP contribution in [0.2, 0.25) is 0 Å². The minimum atomic E-state index is -4.13. The van der Waals surface area contributed by atoms with Crippen molar-refractivity contribution in [1.82, 2.24) is 20.5 Å². The quantitative estimate of drug-likeness (QED) is 0.0847. The maximum Gasteiger partial charge on any atom is 0.261 e. The van der Waals surface area contributed by atoms with Gasteiger partial charge in [0, 0.05) is 18.3 Å². The predicted octanol–water partition coefficient (Wildman–Crippen LogP) is 0.596. The van der Waals surface area contributed by atoms with Gasteiger partial charge in [0.25, 0.3) is 5.91 Å². The van der Waals surface area contributed by atoms with Gasteiger partial charge in [-0.25, -0.2) is 18.3 Å². The number of guanidine groups is 1. The Morgan fingerprint density at radius 1 is 1.31 bits per heavy atom. The van der Waals surface area contributed by atoms with Crippen LogP contribution in [0, 0.1) is 17.3 Å². The summed E-state index contributed by atoms with van der Waals surface area (Å²) in [6, 6.07) is 7.16. The van der Waals surface area contributed by atoms with E-state index in [-0.39, 0.29) is 17.3 Å². The first-order chi connectivity index (χ1) is 15.3. The summed E-state index contributed by atoms with van der Waals surface area (Å²) in [7, 11) is -4.13. The predicted molar refractivity (Wildman–Crippen MR) is 113 cm³/mol. The van der Waals surface area contributed by atoms with Crippen molar-refractivity contribution in [2.75, 3.05) is 6.54 Å². The number of hydrogen-bond acceptors (Lipinski definition) is 7. The first kappa shape index (κ1) is 24.7. The van der Waals surface area contributed by atoms with E-state index in [1.807, 2.05) is 0 Å². The molecule has 0 aliphatic heterocycles. The average molecular weight is 463 g/mol. The molecule has 1 aromatic carbocycles. The summed E-state index contributed by atoms with van der Waals surface area (Å²) in [5.41, 5.74) is 7.70. The van der Waals surface area contributed by atoms with Gasteiger partial charge in [-0.1, -0.05) is 12.1 Å². The summed E-state index contributed by atoms with van der Waals surface area (Å²) >= 11 is 0. The minimum absolute atomic E-state index is 0.0490. The Balaban J connectivity index is 2.02. The molecule has 2 rings (SSSR count). The summed E-state index contributed by atoms with van der Waals surface area (Å²) in [5, 5.41) is 20.0. The number of hydrogen-bond donors (Lipinski definition) is 5. The third kappa shape index (κ3) is 7.27. The average Bonchev–Trinajstić information content (AvgIpc) is 2.77. The fourth-order valence-electron chi connectivity index (χ4n) is 2.72. The van der Waals surface area contributed by atoms with Crippen LogP contribution in [0.1, 0.15) is 19.3 Å². The maximum absolute atomic E-state index is 13.4. The molecule has 6 N–H and O–H groups in total. The molecule has 2 aromatic rings. The maximum atomic E-state index is 13.4. The van der Waals surface area contributed by atoms with E-state index in [1.165, 1.54) is 42.0 Å². The monoisotopic (exact) mass is 463 g/mol. The Labute approximate surface area is 184 Å². The van der Waals surface area contributed by atoms with Crippen molar-refractivity contribution in [2.45, 2.75) is 30.2 Å². The third-order valence-electron chi connectivity index (χ3n) is 4.29. The second-order valence-corrected chi connectivity index (χ2v) is 8.27. The molecule has 0 aliphatic carbocycles. The van der Waals surface area contributed by atoms with Gasteiger partial charge in [0.05, 0.1) is 5.69 Å². The molecular weight excluding hydrogens is 441 g/mol. The molecule has 1 amide bonds. The Hall–Kier alpha value is -3.60. The highest BCUT2D eigenvalue weighted by molar-refractivity contribution is 7.89. The number of carbonyl (C=O) groups is 1. The molecule has 1 heterocycles. The van der Waals surface area contributed by atoms with E-state index in [1.54, 1.807) is 6.07 Å². The van der Waals surface area contributed by atoms with Gasteiger partial charge in [-0.3, -0.25) is 15.0 Å². The van der Waals surface area contributed by atoms with Crippen LogP contribution in [0.25, 0.3) is 11.3 Å². The van der Waals surface area contributed by atoms with Crippen LogP contribution in [0.5, 0.6) is 0 Å². The second-order valence-electron chi connectivity index (χ2n) is 6.56. The number of unbranched alkanes of at least 4 members (excludes halogenated alkanes) is 1. The Kier molecular flexibility index (Phi) is 9.02. The van der Waals surface area contributed by atoms with E-state index in [0.717, 1.165) is 6.20 Å². The van der Waals surface area contributed by atoms with E-state index < -0.39 is 27.8 Å². The number of rotatable bonds is 10. The molecule has 0 saturated heterocycles. The number of nitrogens with two attached hydrogens (primary N) is 1. The molecule has 0 fully saturated rings. The van der Waals surface area contributed by atoms with Crippen LogP contribution in [-0.2, 0) is 14.8 Å². The summed E-state index contributed by atoms with van der Waals surface area (Å²) < 4.78 is 40.9. The topological polar surface area (TPSA) is 183 Å². The number of sulfonamides is 1. The Bertz CT molecular complexity index is 1100. The molecule has 0 saturated carbocycles. The van der Waals surface area contributed by atoms with Crippen LogP contribution in [0.3, 0.4) is 0 Å². The van der Waals surface area contributed by atoms with Gasteiger partial charge in [-0.2, -0.15) is 9.98 Å². The first-order valence-corrected chi connectivity index (χ1v) is 10.9. The number of benzene rings is 1. The lowest BCUT2D eigenvalue weighted by Gasteiger charge is -2.17. The second kappa shape index (κ2) is 11.7. The van der Waals surface area contributed by atoms with E-state index in [9.17, 15) is 17.6 Å². The van der Waals surface area contributed by atoms with Crippen LogP contribution in [0.4, 0.5) is 4.39 Å². The first-order valence-electron chi connectivity index (χ1n) is 9.41. The van der Waals surface area contributed by atoms with Gasteiger partial charge < -0.3 is 11.1 Å². The lowest BCUT2D eigenvalue weighted by atomic mass is 10.1. The van der Waals surface area contributed by atoms with Gasteiger partial charge in [0.2, 0.25) is 22.2 Å². The van der Waals surface area contributed by atoms with Crippen molar-refractivity contribution in [2.24, 2.45) is 10.7 Å². The molecule has 1 aromatic heterocycles. The number of nitrogens with one attached hydrogen (secondary N) is 3. The van der Waals surface area contributed by atoms with Crippen LogP contribution in [0.15, 0.2) is 52.5 Å².